The maximum Gasteiger partial charge on any atom is 0.256 e. The molecule has 2 heterocycles. The second kappa shape index (κ2) is 9.78. The topological polar surface area (TPSA) is 51.9 Å². The van der Waals surface area contributed by atoms with Gasteiger partial charge in [0.15, 0.2) is 0 Å². The van der Waals surface area contributed by atoms with Crippen molar-refractivity contribution in [3.05, 3.63) is 119 Å². The van der Waals surface area contributed by atoms with Gasteiger partial charge in [0, 0.05) is 28.6 Å². The van der Waals surface area contributed by atoms with Gasteiger partial charge in [-0.1, -0.05) is 63.2 Å². The summed E-state index contributed by atoms with van der Waals surface area (Å²) >= 11 is 0. The molecule has 0 bridgehead atoms. The van der Waals surface area contributed by atoms with Crippen molar-refractivity contribution in [2.24, 2.45) is 0 Å². The van der Waals surface area contributed by atoms with Gasteiger partial charge in [0.25, 0.3) is 5.91 Å². The first-order chi connectivity index (χ1) is 18.1. The van der Waals surface area contributed by atoms with Crippen LogP contribution in [0.2, 0.25) is 0 Å². The molecule has 0 fully saturated rings. The first-order valence-electron chi connectivity index (χ1n) is 12.6. The van der Waals surface area contributed by atoms with Crippen LogP contribution in [0.1, 0.15) is 48.1 Å². The lowest BCUT2D eigenvalue weighted by Gasteiger charge is -2.19. The highest BCUT2D eigenvalue weighted by Crippen LogP contribution is 2.32. The van der Waals surface area contributed by atoms with Crippen LogP contribution in [0.4, 0.5) is 10.2 Å². The number of amides is 1. The molecule has 0 aliphatic heterocycles. The molecule has 6 heteroatoms. The molecule has 5 aromatic rings. The zero-order valence-electron chi connectivity index (χ0n) is 22.3. The SMILES string of the molecule is Cc1cc(-c2cc(NC(=O)c3ccc(C(C)(C)C)cc3)n(-c3ccccc3)n2)c(C)n1-c1ccccc1F. The number of para-hydroxylation sites is 2. The van der Waals surface area contributed by atoms with Crippen LogP contribution in [-0.2, 0) is 5.41 Å². The third kappa shape index (κ3) is 4.77. The van der Waals surface area contributed by atoms with Crippen LogP contribution in [0.5, 0.6) is 0 Å². The Balaban J connectivity index is 1.55. The number of anilines is 1. The Bertz CT molecular complexity index is 1610. The van der Waals surface area contributed by atoms with Gasteiger partial charge in [-0.05, 0) is 67.3 Å². The second-order valence-electron chi connectivity index (χ2n) is 10.5. The van der Waals surface area contributed by atoms with Gasteiger partial charge < -0.3 is 9.88 Å². The average molecular weight is 507 g/mol. The standard InChI is InChI=1S/C32H31FN4O/c1-21-19-26(22(2)36(21)29-14-10-9-13-27(29)33)28-20-30(37(35-28)25-11-7-6-8-12-25)34-31(38)23-15-17-24(18-16-23)32(3,4)5/h6-20H,1-5H3,(H,34,38). The lowest BCUT2D eigenvalue weighted by Crippen LogP contribution is -2.16. The van der Waals surface area contributed by atoms with E-state index in [4.69, 9.17) is 5.10 Å². The largest absolute Gasteiger partial charge is 0.315 e. The summed E-state index contributed by atoms with van der Waals surface area (Å²) in [4.78, 5) is 13.3. The molecule has 0 spiro atoms. The Morgan fingerprint density at radius 1 is 0.868 bits per heavy atom. The van der Waals surface area contributed by atoms with Crippen LogP contribution < -0.4 is 5.32 Å². The van der Waals surface area contributed by atoms with Crippen molar-refractivity contribution in [3.63, 3.8) is 0 Å². The number of carbonyl (C=O) groups excluding carboxylic acids is 1. The number of hydrogen-bond donors (Lipinski definition) is 1. The van der Waals surface area contributed by atoms with Gasteiger partial charge in [-0.15, -0.1) is 0 Å². The number of carbonyl (C=O) groups is 1. The zero-order chi connectivity index (χ0) is 27.0. The predicted octanol–water partition coefficient (Wildman–Crippen LogP) is 7.64. The molecule has 5 rings (SSSR count). The number of nitrogens with zero attached hydrogens (tertiary/aromatic N) is 3. The summed E-state index contributed by atoms with van der Waals surface area (Å²) in [6.07, 6.45) is 0. The fourth-order valence-electron chi connectivity index (χ4n) is 4.70. The molecule has 0 aliphatic carbocycles. The van der Waals surface area contributed by atoms with Crippen LogP contribution in [0.3, 0.4) is 0 Å². The van der Waals surface area contributed by atoms with Crippen LogP contribution >= 0.6 is 0 Å². The van der Waals surface area contributed by atoms with Gasteiger partial charge in [-0.25, -0.2) is 9.07 Å². The quantitative estimate of drug-likeness (QED) is 0.266. The number of aromatic nitrogens is 3. The number of hydrogen-bond acceptors (Lipinski definition) is 2. The molecule has 2 aromatic heterocycles. The van der Waals surface area contributed by atoms with Crippen LogP contribution in [0.15, 0.2) is 91.0 Å². The van der Waals surface area contributed by atoms with Gasteiger partial charge in [0.05, 0.1) is 17.1 Å². The van der Waals surface area contributed by atoms with E-state index >= 15 is 0 Å². The molecule has 0 radical (unpaired) electrons. The molecule has 1 amide bonds. The zero-order valence-corrected chi connectivity index (χ0v) is 22.3. The number of halogens is 1. The molecule has 3 aromatic carbocycles. The van der Waals surface area contributed by atoms with Crippen molar-refractivity contribution < 1.29 is 9.18 Å². The van der Waals surface area contributed by atoms with Gasteiger partial charge in [0.1, 0.15) is 11.6 Å². The fraction of sp³-hybridized carbons (Fsp3) is 0.188. The highest BCUT2D eigenvalue weighted by molar-refractivity contribution is 6.04. The van der Waals surface area contributed by atoms with E-state index in [1.807, 2.05) is 91.2 Å². The molecule has 0 unspecified atom stereocenters. The third-order valence-electron chi connectivity index (χ3n) is 6.77. The van der Waals surface area contributed by atoms with Crippen molar-refractivity contribution >= 4 is 11.7 Å². The molecule has 0 saturated heterocycles. The molecule has 1 N–H and O–H groups in total. The van der Waals surface area contributed by atoms with Crippen molar-refractivity contribution in [1.29, 1.82) is 0 Å². The number of nitrogens with one attached hydrogen (secondary N) is 1. The summed E-state index contributed by atoms with van der Waals surface area (Å²) < 4.78 is 18.3. The van der Waals surface area contributed by atoms with Gasteiger partial charge in [-0.2, -0.15) is 5.10 Å². The Morgan fingerprint density at radius 3 is 2.18 bits per heavy atom. The van der Waals surface area contributed by atoms with Gasteiger partial charge in [0.2, 0.25) is 0 Å². The molecule has 192 valence electrons. The Kier molecular flexibility index (Phi) is 6.49. The van der Waals surface area contributed by atoms with E-state index in [-0.39, 0.29) is 17.1 Å². The number of aryl methyl sites for hydroxylation is 1. The Morgan fingerprint density at radius 2 is 1.53 bits per heavy atom. The lowest BCUT2D eigenvalue weighted by atomic mass is 9.87. The van der Waals surface area contributed by atoms with Crippen molar-refractivity contribution in [2.45, 2.75) is 40.0 Å². The lowest BCUT2D eigenvalue weighted by molar-refractivity contribution is 0.102. The molecule has 0 saturated carbocycles. The van der Waals surface area contributed by atoms with Crippen LogP contribution in [-0.4, -0.2) is 20.3 Å². The Labute approximate surface area is 222 Å². The third-order valence-corrected chi connectivity index (χ3v) is 6.77. The van der Waals surface area contributed by atoms with E-state index in [1.165, 1.54) is 6.07 Å². The fourth-order valence-corrected chi connectivity index (χ4v) is 4.70. The Hall–Kier alpha value is -4.45. The molecule has 38 heavy (non-hydrogen) atoms. The van der Waals surface area contributed by atoms with Crippen LogP contribution in [0, 0.1) is 19.7 Å². The maximum atomic E-state index is 14.6. The van der Waals surface area contributed by atoms with E-state index in [1.54, 1.807) is 16.8 Å². The van der Waals surface area contributed by atoms with Crippen molar-refractivity contribution in [3.8, 4) is 22.6 Å². The minimum absolute atomic E-state index is 0.00486. The smallest absolute Gasteiger partial charge is 0.256 e. The van der Waals surface area contributed by atoms with E-state index in [9.17, 15) is 9.18 Å². The van der Waals surface area contributed by atoms with E-state index in [0.717, 1.165) is 28.2 Å². The average Bonchev–Trinajstić information content (AvgIpc) is 3.44. The summed E-state index contributed by atoms with van der Waals surface area (Å²) in [6.45, 7) is 10.3. The number of benzene rings is 3. The summed E-state index contributed by atoms with van der Waals surface area (Å²) in [5.74, 6) is 0.0406. The van der Waals surface area contributed by atoms with Gasteiger partial charge >= 0.3 is 0 Å². The van der Waals surface area contributed by atoms with Gasteiger partial charge in [-0.3, -0.25) is 4.79 Å². The summed E-state index contributed by atoms with van der Waals surface area (Å²) in [5.41, 5.74) is 6.35. The molecule has 5 nitrogen and oxygen atoms in total. The summed E-state index contributed by atoms with van der Waals surface area (Å²) in [6, 6.07) is 27.9. The minimum atomic E-state index is -0.291. The van der Waals surface area contributed by atoms with E-state index < -0.39 is 0 Å². The minimum Gasteiger partial charge on any atom is -0.315 e. The highest BCUT2D eigenvalue weighted by atomic mass is 19.1. The molecule has 0 atom stereocenters. The van der Waals surface area contributed by atoms with Crippen molar-refractivity contribution in [2.75, 3.05) is 5.32 Å². The normalized spacial score (nSPS) is 11.5. The van der Waals surface area contributed by atoms with E-state index in [2.05, 4.69) is 26.1 Å². The monoisotopic (exact) mass is 506 g/mol. The maximum absolute atomic E-state index is 14.6. The number of rotatable bonds is 5. The molecular weight excluding hydrogens is 475 g/mol. The highest BCUT2D eigenvalue weighted by Gasteiger charge is 2.20. The first kappa shape index (κ1) is 25.2. The predicted molar refractivity (Wildman–Crippen MR) is 151 cm³/mol. The van der Waals surface area contributed by atoms with E-state index in [0.29, 0.717) is 22.8 Å². The molecule has 0 aliphatic rings. The second-order valence-corrected chi connectivity index (χ2v) is 10.5. The van der Waals surface area contributed by atoms with Crippen LogP contribution in [0.25, 0.3) is 22.6 Å². The molecular formula is C32H31FN4O. The summed E-state index contributed by atoms with van der Waals surface area (Å²) in [5, 5.41) is 7.92. The first-order valence-corrected chi connectivity index (χ1v) is 12.6. The summed E-state index contributed by atoms with van der Waals surface area (Å²) in [7, 11) is 0. The van der Waals surface area contributed by atoms with Crippen molar-refractivity contribution in [1.82, 2.24) is 14.3 Å².